The van der Waals surface area contributed by atoms with Crippen molar-refractivity contribution >= 4 is 16.0 Å². The number of hydrogen-bond donors (Lipinski definition) is 2. The fourth-order valence-corrected chi connectivity index (χ4v) is 2.90. The molecule has 2 N–H and O–H groups in total. The summed E-state index contributed by atoms with van der Waals surface area (Å²) in [4.78, 5) is 10.4. The molecule has 0 amide bonds. The summed E-state index contributed by atoms with van der Waals surface area (Å²) in [6.07, 6.45) is 0. The fraction of sp³-hybridized carbons (Fsp3) is 0.417. The van der Waals surface area contributed by atoms with Crippen LogP contribution in [0.2, 0.25) is 0 Å². The minimum atomic E-state index is -4.33. The maximum Gasteiger partial charge on any atom is 0.387 e. The maximum absolute atomic E-state index is 13.5. The van der Waals surface area contributed by atoms with Gasteiger partial charge in [-0.25, -0.2) is 12.8 Å². The summed E-state index contributed by atoms with van der Waals surface area (Å²) in [5.41, 5.74) is 0. The van der Waals surface area contributed by atoms with Crippen molar-refractivity contribution in [2.45, 2.75) is 31.4 Å². The number of aliphatic carboxylic acids is 1. The van der Waals surface area contributed by atoms with E-state index < -0.39 is 51.0 Å². The third kappa shape index (κ3) is 4.60. The van der Waals surface area contributed by atoms with Crippen molar-refractivity contribution in [1.29, 1.82) is 0 Å². The van der Waals surface area contributed by atoms with Crippen LogP contribution in [0.5, 0.6) is 5.75 Å². The van der Waals surface area contributed by atoms with Gasteiger partial charge in [0.1, 0.15) is 6.04 Å². The highest BCUT2D eigenvalue weighted by Crippen LogP contribution is 2.23. The quantitative estimate of drug-likeness (QED) is 0.789. The predicted octanol–water partition coefficient (Wildman–Crippen LogP) is 1.81. The van der Waals surface area contributed by atoms with Gasteiger partial charge in [0.05, 0.1) is 4.90 Å². The van der Waals surface area contributed by atoms with Crippen LogP contribution in [0.1, 0.15) is 13.8 Å². The number of sulfonamides is 1. The van der Waals surface area contributed by atoms with E-state index in [1.54, 1.807) is 0 Å². The summed E-state index contributed by atoms with van der Waals surface area (Å²) in [5, 5.41) is 8.95. The fourth-order valence-electron chi connectivity index (χ4n) is 1.55. The molecule has 22 heavy (non-hydrogen) atoms. The number of halogens is 3. The lowest BCUT2D eigenvalue weighted by atomic mass is 10.1. The molecule has 124 valence electrons. The Morgan fingerprint density at radius 3 is 2.32 bits per heavy atom. The summed E-state index contributed by atoms with van der Waals surface area (Å²) in [5.74, 6) is -4.07. The monoisotopic (exact) mass is 341 g/mol. The molecule has 6 nitrogen and oxygen atoms in total. The van der Waals surface area contributed by atoms with Gasteiger partial charge in [0.15, 0.2) is 11.6 Å². The lowest BCUT2D eigenvalue weighted by molar-refractivity contribution is -0.140. The number of carbonyl (C=O) groups is 1. The zero-order valence-electron chi connectivity index (χ0n) is 11.6. The van der Waals surface area contributed by atoms with Crippen LogP contribution in [0.4, 0.5) is 13.2 Å². The zero-order chi connectivity index (χ0) is 17.1. The van der Waals surface area contributed by atoms with Gasteiger partial charge in [0.25, 0.3) is 0 Å². The third-order valence-electron chi connectivity index (χ3n) is 2.64. The van der Waals surface area contributed by atoms with Gasteiger partial charge in [-0.3, -0.25) is 4.79 Å². The van der Waals surface area contributed by atoms with Gasteiger partial charge in [-0.2, -0.15) is 13.5 Å². The van der Waals surface area contributed by atoms with Crippen LogP contribution >= 0.6 is 0 Å². The van der Waals surface area contributed by atoms with Crippen molar-refractivity contribution < 1.29 is 36.2 Å². The van der Waals surface area contributed by atoms with E-state index in [1.807, 2.05) is 4.72 Å². The number of carboxylic acid groups (broad SMARTS) is 1. The molecule has 1 atom stereocenters. The van der Waals surface area contributed by atoms with E-state index in [-0.39, 0.29) is 0 Å². The lowest BCUT2D eigenvalue weighted by Gasteiger charge is -2.18. The van der Waals surface area contributed by atoms with E-state index in [1.165, 1.54) is 13.8 Å². The summed E-state index contributed by atoms with van der Waals surface area (Å²) in [6.45, 7) is -0.282. The van der Waals surface area contributed by atoms with Crippen LogP contribution < -0.4 is 9.46 Å². The lowest BCUT2D eigenvalue weighted by Crippen LogP contribution is -2.44. The molecule has 0 fully saturated rings. The number of benzene rings is 1. The SMILES string of the molecule is CC(C)C(NS(=O)(=O)c1ccc(OC(F)F)c(F)c1)C(=O)O. The molecule has 0 aliphatic heterocycles. The molecule has 0 aliphatic carbocycles. The Labute approximate surface area is 124 Å². The first-order chi connectivity index (χ1) is 10.0. The van der Waals surface area contributed by atoms with E-state index in [4.69, 9.17) is 5.11 Å². The van der Waals surface area contributed by atoms with Crippen LogP contribution in [-0.4, -0.2) is 32.1 Å². The topological polar surface area (TPSA) is 92.7 Å². The molecular formula is C12H14F3NO5S. The first kappa shape index (κ1) is 18.2. The Morgan fingerprint density at radius 2 is 1.91 bits per heavy atom. The van der Waals surface area contributed by atoms with Gasteiger partial charge in [0.2, 0.25) is 10.0 Å². The van der Waals surface area contributed by atoms with Crippen LogP contribution in [0.25, 0.3) is 0 Å². The highest BCUT2D eigenvalue weighted by molar-refractivity contribution is 7.89. The molecule has 0 heterocycles. The molecule has 1 aromatic carbocycles. The molecule has 1 aromatic rings. The Balaban J connectivity index is 3.08. The number of carboxylic acids is 1. The second kappa shape index (κ2) is 6.97. The predicted molar refractivity (Wildman–Crippen MR) is 69.6 cm³/mol. The van der Waals surface area contributed by atoms with Gasteiger partial charge in [0, 0.05) is 0 Å². The van der Waals surface area contributed by atoms with Gasteiger partial charge in [-0.05, 0) is 24.1 Å². The molecule has 1 rings (SSSR count). The van der Waals surface area contributed by atoms with Crippen molar-refractivity contribution in [2.24, 2.45) is 5.92 Å². The van der Waals surface area contributed by atoms with Gasteiger partial charge in [-0.1, -0.05) is 13.8 Å². The number of alkyl halides is 2. The van der Waals surface area contributed by atoms with E-state index in [0.717, 1.165) is 12.1 Å². The molecule has 0 aliphatic rings. The molecule has 0 radical (unpaired) electrons. The first-order valence-electron chi connectivity index (χ1n) is 6.04. The Morgan fingerprint density at radius 1 is 1.32 bits per heavy atom. The van der Waals surface area contributed by atoms with E-state index in [2.05, 4.69) is 4.74 Å². The number of nitrogens with one attached hydrogen (secondary N) is 1. The van der Waals surface area contributed by atoms with Gasteiger partial charge in [-0.15, -0.1) is 0 Å². The normalized spacial score (nSPS) is 13.4. The molecule has 0 aromatic heterocycles. The first-order valence-corrected chi connectivity index (χ1v) is 7.52. The summed E-state index contributed by atoms with van der Waals surface area (Å²) >= 11 is 0. The van der Waals surface area contributed by atoms with Crippen molar-refractivity contribution in [3.63, 3.8) is 0 Å². The molecule has 0 bridgehead atoms. The highest BCUT2D eigenvalue weighted by Gasteiger charge is 2.28. The van der Waals surface area contributed by atoms with Crippen LogP contribution in [0.15, 0.2) is 23.1 Å². The maximum atomic E-state index is 13.5. The second-order valence-electron chi connectivity index (χ2n) is 4.65. The molecule has 0 spiro atoms. The molecular weight excluding hydrogens is 327 g/mol. The van der Waals surface area contributed by atoms with Crippen LogP contribution in [0, 0.1) is 11.7 Å². The Bertz CT molecular complexity index is 648. The Kier molecular flexibility index (Phi) is 5.78. The molecule has 0 saturated heterocycles. The standard InChI is InChI=1S/C12H14F3NO5S/c1-6(2)10(11(17)18)16-22(19,20)7-3-4-9(8(13)5-7)21-12(14)15/h3-6,10,12,16H,1-2H3,(H,17,18). The third-order valence-corrected chi connectivity index (χ3v) is 4.08. The second-order valence-corrected chi connectivity index (χ2v) is 6.37. The zero-order valence-corrected chi connectivity index (χ0v) is 12.4. The molecule has 1 unspecified atom stereocenters. The van der Waals surface area contributed by atoms with Crippen LogP contribution in [0.3, 0.4) is 0 Å². The van der Waals surface area contributed by atoms with Crippen molar-refractivity contribution in [3.05, 3.63) is 24.0 Å². The summed E-state index contributed by atoms with van der Waals surface area (Å²) in [7, 11) is -4.33. The van der Waals surface area contributed by atoms with E-state index in [9.17, 15) is 26.4 Å². The van der Waals surface area contributed by atoms with E-state index >= 15 is 0 Å². The average molecular weight is 341 g/mol. The van der Waals surface area contributed by atoms with Crippen molar-refractivity contribution in [2.75, 3.05) is 0 Å². The summed E-state index contributed by atoms with van der Waals surface area (Å²) in [6, 6.07) is 0.619. The molecule has 10 heteroatoms. The Hall–Kier alpha value is -1.81. The van der Waals surface area contributed by atoms with Crippen molar-refractivity contribution in [3.8, 4) is 5.75 Å². The number of hydrogen-bond acceptors (Lipinski definition) is 4. The minimum absolute atomic E-state index is 0.472. The van der Waals surface area contributed by atoms with Gasteiger partial charge >= 0.3 is 12.6 Å². The van der Waals surface area contributed by atoms with Crippen LogP contribution in [-0.2, 0) is 14.8 Å². The number of ether oxygens (including phenoxy) is 1. The highest BCUT2D eigenvalue weighted by atomic mass is 32.2. The van der Waals surface area contributed by atoms with E-state index in [0.29, 0.717) is 6.07 Å². The van der Waals surface area contributed by atoms with Crippen molar-refractivity contribution in [1.82, 2.24) is 4.72 Å². The minimum Gasteiger partial charge on any atom is -0.480 e. The average Bonchev–Trinajstić information content (AvgIpc) is 2.37. The summed E-state index contributed by atoms with van der Waals surface area (Å²) < 4.78 is 67.3. The molecule has 0 saturated carbocycles. The largest absolute Gasteiger partial charge is 0.480 e. The smallest absolute Gasteiger partial charge is 0.387 e. The van der Waals surface area contributed by atoms with Gasteiger partial charge < -0.3 is 9.84 Å². The number of rotatable bonds is 7.